The van der Waals surface area contributed by atoms with Crippen LogP contribution in [0.3, 0.4) is 0 Å². The van der Waals surface area contributed by atoms with Crippen LogP contribution in [0.5, 0.6) is 5.75 Å². The first kappa shape index (κ1) is 24.0. The third-order valence-corrected chi connectivity index (χ3v) is 4.78. The lowest BCUT2D eigenvalue weighted by atomic mass is 9.93. The minimum atomic E-state index is -2.63. The molecule has 1 aromatic rings. The van der Waals surface area contributed by atoms with E-state index >= 15 is 0 Å². The molecule has 0 spiro atoms. The van der Waals surface area contributed by atoms with Crippen LogP contribution in [0.1, 0.15) is 63.0 Å². The fraction of sp³-hybridized carbons (Fsp3) is 0.684. The molecule has 0 saturated heterocycles. The number of rotatable bonds is 15. The number of halogens is 2. The maximum absolute atomic E-state index is 13.4. The maximum Gasteiger partial charge on any atom is 0.267 e. The van der Waals surface area contributed by atoms with E-state index in [1.807, 2.05) is 0 Å². The number of nitrogens with two attached hydrogens (primary N) is 1. The lowest BCUT2D eigenvalue weighted by Gasteiger charge is -2.26. The lowest BCUT2D eigenvalue weighted by molar-refractivity contribution is 0.133. The lowest BCUT2D eigenvalue weighted by Crippen LogP contribution is -2.47. The van der Waals surface area contributed by atoms with E-state index in [1.165, 1.54) is 12.5 Å². The van der Waals surface area contributed by atoms with Crippen molar-refractivity contribution < 1.29 is 27.7 Å². The predicted octanol–water partition coefficient (Wildman–Crippen LogP) is 4.28. The summed E-state index contributed by atoms with van der Waals surface area (Å²) >= 11 is 0. The maximum atomic E-state index is 13.4. The van der Waals surface area contributed by atoms with Gasteiger partial charge in [0.25, 0.3) is 6.43 Å². The van der Waals surface area contributed by atoms with Gasteiger partial charge in [-0.25, -0.2) is 8.78 Å². The van der Waals surface area contributed by atoms with E-state index in [-0.39, 0.29) is 24.5 Å². The van der Waals surface area contributed by atoms with Gasteiger partial charge in [-0.2, -0.15) is 0 Å². The van der Waals surface area contributed by atoms with Crippen molar-refractivity contribution in [1.29, 1.82) is 0 Å². The standard InChI is InChI=1S/C19H32F2NO4P/c1-2-3-4-5-6-11-25-17-8-7-15(12-16(17)18(20)21)9-10-19(22,13-23)14-26-27-24/h7-8,12,18,23H,2-6,9-11,13-14,22,27H2,1H3. The average Bonchev–Trinajstić information content (AvgIpc) is 2.67. The Morgan fingerprint density at radius 2 is 2.00 bits per heavy atom. The zero-order valence-corrected chi connectivity index (χ0v) is 17.1. The van der Waals surface area contributed by atoms with Crippen molar-refractivity contribution in [3.63, 3.8) is 0 Å². The number of hydrogen-bond donors (Lipinski definition) is 2. The van der Waals surface area contributed by atoms with Gasteiger partial charge in [-0.05, 0) is 37.0 Å². The van der Waals surface area contributed by atoms with Crippen LogP contribution in [-0.4, -0.2) is 30.5 Å². The van der Waals surface area contributed by atoms with Gasteiger partial charge in [0.2, 0.25) is 0 Å². The summed E-state index contributed by atoms with van der Waals surface area (Å²) in [4.78, 5) is 0. The molecule has 8 heteroatoms. The highest BCUT2D eigenvalue weighted by atomic mass is 31.1. The zero-order valence-electron chi connectivity index (χ0n) is 16.0. The summed E-state index contributed by atoms with van der Waals surface area (Å²) in [6, 6.07) is 4.72. The van der Waals surface area contributed by atoms with E-state index < -0.39 is 20.7 Å². The Hall–Kier alpha value is -1.01. The first-order chi connectivity index (χ1) is 13.0. The third kappa shape index (κ3) is 9.15. The van der Waals surface area contributed by atoms with E-state index in [0.717, 1.165) is 25.7 Å². The van der Waals surface area contributed by atoms with Gasteiger partial charge in [0.05, 0.1) is 30.9 Å². The summed E-state index contributed by atoms with van der Waals surface area (Å²) < 4.78 is 47.7. The van der Waals surface area contributed by atoms with Gasteiger partial charge < -0.3 is 20.1 Å². The molecule has 0 heterocycles. The van der Waals surface area contributed by atoms with Gasteiger partial charge in [0.1, 0.15) is 5.75 Å². The first-order valence-electron chi connectivity index (χ1n) is 9.44. The molecule has 0 aromatic heterocycles. The number of aliphatic hydroxyl groups excluding tert-OH is 1. The molecule has 1 rings (SSSR count). The number of alkyl halides is 2. The second-order valence-electron chi connectivity index (χ2n) is 6.86. The number of aryl methyl sites for hydroxylation is 1. The van der Waals surface area contributed by atoms with Gasteiger partial charge in [0.15, 0.2) is 8.69 Å². The molecule has 0 saturated carbocycles. The van der Waals surface area contributed by atoms with Crippen molar-refractivity contribution in [3.8, 4) is 5.75 Å². The molecule has 0 aliphatic rings. The Morgan fingerprint density at radius 3 is 2.63 bits per heavy atom. The summed E-state index contributed by atoms with van der Waals surface area (Å²) in [7, 11) is -1.40. The Morgan fingerprint density at radius 1 is 1.26 bits per heavy atom. The number of aliphatic hydroxyl groups is 1. The average molecular weight is 407 g/mol. The van der Waals surface area contributed by atoms with Crippen LogP contribution in [0, 0.1) is 0 Å². The fourth-order valence-electron chi connectivity index (χ4n) is 2.73. The van der Waals surface area contributed by atoms with Crippen LogP contribution in [-0.2, 0) is 15.5 Å². The highest BCUT2D eigenvalue weighted by molar-refractivity contribution is 7.17. The molecule has 3 N–H and O–H groups in total. The molecule has 0 aliphatic heterocycles. The first-order valence-corrected chi connectivity index (χ1v) is 10.4. The predicted molar refractivity (Wildman–Crippen MR) is 104 cm³/mol. The van der Waals surface area contributed by atoms with Crippen molar-refractivity contribution in [3.05, 3.63) is 29.3 Å². The van der Waals surface area contributed by atoms with Gasteiger partial charge in [-0.1, -0.05) is 38.7 Å². The molecule has 0 bridgehead atoms. The Balaban J connectivity index is 2.65. The molecule has 0 radical (unpaired) electrons. The molecule has 2 atom stereocenters. The Kier molecular flexibility index (Phi) is 11.8. The van der Waals surface area contributed by atoms with Crippen molar-refractivity contribution >= 4 is 8.69 Å². The highest BCUT2D eigenvalue weighted by Crippen LogP contribution is 2.31. The fourth-order valence-corrected chi connectivity index (χ4v) is 3.13. The van der Waals surface area contributed by atoms with E-state index in [0.29, 0.717) is 25.0 Å². The Labute approximate surface area is 161 Å². The molecule has 0 fully saturated rings. The minimum absolute atomic E-state index is 0.0384. The molecule has 1 aromatic carbocycles. The molecular formula is C19H32F2NO4P. The summed E-state index contributed by atoms with van der Waals surface area (Å²) in [5.74, 6) is 0.212. The van der Waals surface area contributed by atoms with Crippen LogP contribution >= 0.6 is 8.69 Å². The number of ether oxygens (including phenoxy) is 1. The summed E-state index contributed by atoms with van der Waals surface area (Å²) in [6.45, 7) is 2.19. The van der Waals surface area contributed by atoms with Crippen molar-refractivity contribution in [2.24, 2.45) is 5.73 Å². The summed E-state index contributed by atoms with van der Waals surface area (Å²) in [6.07, 6.45) is 3.42. The minimum Gasteiger partial charge on any atom is -0.493 e. The topological polar surface area (TPSA) is 81.8 Å². The molecule has 0 amide bonds. The molecule has 2 unspecified atom stereocenters. The third-order valence-electron chi connectivity index (χ3n) is 4.48. The quantitative estimate of drug-likeness (QED) is 0.335. The van der Waals surface area contributed by atoms with Crippen molar-refractivity contribution in [1.82, 2.24) is 0 Å². The number of benzene rings is 1. The molecular weight excluding hydrogens is 375 g/mol. The smallest absolute Gasteiger partial charge is 0.267 e. The second kappa shape index (κ2) is 13.2. The summed E-state index contributed by atoms with van der Waals surface area (Å²) in [5.41, 5.74) is 5.50. The van der Waals surface area contributed by atoms with E-state index in [1.54, 1.807) is 12.1 Å². The van der Waals surface area contributed by atoms with E-state index in [9.17, 15) is 18.5 Å². The van der Waals surface area contributed by atoms with Gasteiger partial charge >= 0.3 is 0 Å². The normalized spacial score (nSPS) is 14.1. The largest absolute Gasteiger partial charge is 0.493 e. The molecule has 5 nitrogen and oxygen atoms in total. The highest BCUT2D eigenvalue weighted by Gasteiger charge is 2.24. The number of unbranched alkanes of at least 4 members (excludes halogenated alkanes) is 4. The van der Waals surface area contributed by atoms with Gasteiger partial charge in [-0.3, -0.25) is 4.57 Å². The summed E-state index contributed by atoms with van der Waals surface area (Å²) in [5, 5.41) is 9.41. The van der Waals surface area contributed by atoms with E-state index in [2.05, 4.69) is 6.92 Å². The zero-order chi connectivity index (χ0) is 20.1. The Bertz CT molecular complexity index is 563. The van der Waals surface area contributed by atoms with Crippen molar-refractivity contribution in [2.45, 2.75) is 63.8 Å². The SMILES string of the molecule is CCCCCCCOc1ccc(CCC(N)(CO)CO[PH2]=O)cc1C(F)F. The van der Waals surface area contributed by atoms with Gasteiger partial charge in [0, 0.05) is 0 Å². The van der Waals surface area contributed by atoms with Crippen LogP contribution in [0.2, 0.25) is 0 Å². The molecule has 27 heavy (non-hydrogen) atoms. The molecule has 156 valence electrons. The van der Waals surface area contributed by atoms with Crippen LogP contribution < -0.4 is 10.5 Å². The molecule has 0 aliphatic carbocycles. The van der Waals surface area contributed by atoms with Gasteiger partial charge in [-0.15, -0.1) is 0 Å². The van der Waals surface area contributed by atoms with Crippen molar-refractivity contribution in [2.75, 3.05) is 19.8 Å². The number of hydrogen-bond acceptors (Lipinski definition) is 5. The van der Waals surface area contributed by atoms with Crippen LogP contribution in [0.15, 0.2) is 18.2 Å². The van der Waals surface area contributed by atoms with Crippen LogP contribution in [0.4, 0.5) is 8.78 Å². The van der Waals surface area contributed by atoms with E-state index in [4.69, 9.17) is 15.0 Å². The monoisotopic (exact) mass is 407 g/mol. The van der Waals surface area contributed by atoms with Crippen LogP contribution in [0.25, 0.3) is 0 Å². The second-order valence-corrected chi connectivity index (χ2v) is 7.39.